The van der Waals surface area contributed by atoms with Crippen LogP contribution in [0.3, 0.4) is 0 Å². The zero-order valence-electron chi connectivity index (χ0n) is 13.7. The lowest BCUT2D eigenvalue weighted by Crippen LogP contribution is -2.44. The lowest BCUT2D eigenvalue weighted by atomic mass is 10.1. The van der Waals surface area contributed by atoms with Gasteiger partial charge in [-0.3, -0.25) is 9.97 Å². The molecule has 0 unspecified atom stereocenters. The largest absolute Gasteiger partial charge is 0.397 e. The normalized spacial score (nSPS) is 15.8. The van der Waals surface area contributed by atoms with E-state index >= 15 is 0 Å². The van der Waals surface area contributed by atoms with Crippen LogP contribution in [0.1, 0.15) is 0 Å². The van der Waals surface area contributed by atoms with E-state index in [-0.39, 0.29) is 0 Å². The second-order valence-corrected chi connectivity index (χ2v) is 6.23. The van der Waals surface area contributed by atoms with Gasteiger partial charge in [0.1, 0.15) is 5.82 Å². The highest BCUT2D eigenvalue weighted by atomic mass is 15.3. The topological polar surface area (TPSA) is 71.2 Å². The lowest BCUT2D eigenvalue weighted by Gasteiger charge is -2.33. The summed E-state index contributed by atoms with van der Waals surface area (Å²) >= 11 is 0. The maximum absolute atomic E-state index is 5.84. The zero-order valence-corrected chi connectivity index (χ0v) is 13.7. The number of pyridine rings is 1. The Labute approximate surface area is 141 Å². The number of nitrogens with zero attached hydrogens (tertiary/aromatic N) is 5. The number of hydrogen-bond acceptors (Lipinski definition) is 6. The monoisotopic (exact) mass is 320 g/mol. The third-order valence-electron chi connectivity index (χ3n) is 4.45. The first-order valence-electron chi connectivity index (χ1n) is 8.10. The van der Waals surface area contributed by atoms with Crippen LogP contribution in [0.15, 0.2) is 42.9 Å². The Morgan fingerprint density at radius 2 is 1.75 bits per heavy atom. The van der Waals surface area contributed by atoms with Gasteiger partial charge in [-0.1, -0.05) is 6.07 Å². The molecule has 2 aromatic heterocycles. The van der Waals surface area contributed by atoms with Crippen molar-refractivity contribution in [3.63, 3.8) is 0 Å². The molecule has 1 fully saturated rings. The summed E-state index contributed by atoms with van der Waals surface area (Å²) in [6, 6.07) is 8.00. The number of fused-ring (bicyclic) bond motifs is 1. The van der Waals surface area contributed by atoms with Crippen LogP contribution >= 0.6 is 0 Å². The van der Waals surface area contributed by atoms with Gasteiger partial charge in [0.2, 0.25) is 0 Å². The van der Waals surface area contributed by atoms with Gasteiger partial charge < -0.3 is 15.5 Å². The van der Waals surface area contributed by atoms with Crippen molar-refractivity contribution in [3.05, 3.63) is 42.9 Å². The van der Waals surface area contributed by atoms with Gasteiger partial charge in [-0.2, -0.15) is 0 Å². The summed E-state index contributed by atoms with van der Waals surface area (Å²) in [6.07, 6.45) is 5.33. The second kappa shape index (κ2) is 6.05. The van der Waals surface area contributed by atoms with Crippen LogP contribution in [-0.2, 0) is 0 Å². The molecule has 2 N–H and O–H groups in total. The molecule has 3 heterocycles. The second-order valence-electron chi connectivity index (χ2n) is 6.23. The molecule has 4 rings (SSSR count). The third-order valence-corrected chi connectivity index (χ3v) is 4.45. The minimum Gasteiger partial charge on any atom is -0.397 e. The molecule has 0 atom stereocenters. The van der Waals surface area contributed by atoms with Gasteiger partial charge in [0.25, 0.3) is 0 Å². The first kappa shape index (κ1) is 14.8. The van der Waals surface area contributed by atoms with Crippen molar-refractivity contribution in [1.82, 2.24) is 19.9 Å². The van der Waals surface area contributed by atoms with Crippen LogP contribution in [-0.4, -0.2) is 53.1 Å². The van der Waals surface area contributed by atoms with Crippen molar-refractivity contribution in [2.45, 2.75) is 0 Å². The molecule has 0 amide bonds. The van der Waals surface area contributed by atoms with E-state index in [9.17, 15) is 0 Å². The molecule has 3 aromatic rings. The summed E-state index contributed by atoms with van der Waals surface area (Å²) in [6.45, 7) is 4.06. The Bertz CT molecular complexity index is 870. The zero-order chi connectivity index (χ0) is 16.5. The van der Waals surface area contributed by atoms with Gasteiger partial charge >= 0.3 is 0 Å². The number of anilines is 2. The molecular weight excluding hydrogens is 300 g/mol. The molecule has 1 aliphatic rings. The number of hydrogen-bond donors (Lipinski definition) is 1. The Hall–Kier alpha value is -2.73. The molecule has 1 saturated heterocycles. The maximum Gasteiger partial charge on any atom is 0.147 e. The van der Waals surface area contributed by atoms with Gasteiger partial charge in [-0.15, -0.1) is 0 Å². The van der Waals surface area contributed by atoms with Crippen LogP contribution in [0, 0.1) is 0 Å². The summed E-state index contributed by atoms with van der Waals surface area (Å²) < 4.78 is 0. The van der Waals surface area contributed by atoms with Gasteiger partial charge in [0, 0.05) is 44.1 Å². The van der Waals surface area contributed by atoms with Crippen molar-refractivity contribution in [2.75, 3.05) is 43.9 Å². The first-order chi connectivity index (χ1) is 11.7. The molecule has 0 radical (unpaired) electrons. The number of benzene rings is 1. The maximum atomic E-state index is 5.84. The quantitative estimate of drug-likeness (QED) is 0.779. The summed E-state index contributed by atoms with van der Waals surface area (Å²) in [5.41, 5.74) is 10.3. The first-order valence-corrected chi connectivity index (χ1v) is 8.10. The van der Waals surface area contributed by atoms with E-state index in [1.165, 1.54) is 0 Å². The fourth-order valence-corrected chi connectivity index (χ4v) is 2.98. The van der Waals surface area contributed by atoms with E-state index in [1.807, 2.05) is 30.6 Å². The number of aromatic nitrogens is 3. The van der Waals surface area contributed by atoms with E-state index in [2.05, 4.69) is 32.9 Å². The number of piperazine rings is 1. The Morgan fingerprint density at radius 1 is 0.917 bits per heavy atom. The minimum absolute atomic E-state index is 0.657. The van der Waals surface area contributed by atoms with Crippen LogP contribution in [0.4, 0.5) is 11.5 Å². The van der Waals surface area contributed by atoms with Gasteiger partial charge in [0.15, 0.2) is 0 Å². The molecule has 122 valence electrons. The highest BCUT2D eigenvalue weighted by Crippen LogP contribution is 2.25. The fraction of sp³-hybridized carbons (Fsp3) is 0.278. The van der Waals surface area contributed by atoms with E-state index in [1.54, 1.807) is 6.20 Å². The summed E-state index contributed by atoms with van der Waals surface area (Å²) in [7, 11) is 2.15. The molecule has 0 saturated carbocycles. The highest BCUT2D eigenvalue weighted by Gasteiger charge is 2.16. The van der Waals surface area contributed by atoms with Gasteiger partial charge in [-0.05, 0) is 30.8 Å². The van der Waals surface area contributed by atoms with Crippen LogP contribution in [0.5, 0.6) is 0 Å². The average Bonchev–Trinajstić information content (AvgIpc) is 2.61. The number of rotatable bonds is 2. The molecule has 1 aromatic carbocycles. The van der Waals surface area contributed by atoms with Crippen LogP contribution < -0.4 is 10.6 Å². The molecule has 0 spiro atoms. The standard InChI is InChI=1S/C18H20N6/c1-23-4-6-24(7-5-23)18-12-21-16-3-2-13(9-17(16)22-18)14-8-15(19)11-20-10-14/h2-3,8-12H,4-7,19H2,1H3. The molecule has 1 aliphatic heterocycles. The molecule has 0 bridgehead atoms. The Morgan fingerprint density at radius 3 is 2.54 bits per heavy atom. The molecule has 6 nitrogen and oxygen atoms in total. The molecule has 24 heavy (non-hydrogen) atoms. The smallest absolute Gasteiger partial charge is 0.147 e. The predicted octanol–water partition coefficient (Wildman–Crippen LogP) is 2.03. The number of nitrogen functional groups attached to an aromatic ring is 1. The lowest BCUT2D eigenvalue weighted by molar-refractivity contribution is 0.312. The fourth-order valence-electron chi connectivity index (χ4n) is 2.98. The highest BCUT2D eigenvalue weighted by molar-refractivity contribution is 5.82. The average molecular weight is 320 g/mol. The van der Waals surface area contributed by atoms with Crippen molar-refractivity contribution in [1.29, 1.82) is 0 Å². The Balaban J connectivity index is 1.70. The van der Waals surface area contributed by atoms with Crippen molar-refractivity contribution >= 4 is 22.5 Å². The van der Waals surface area contributed by atoms with Gasteiger partial charge in [-0.25, -0.2) is 4.98 Å². The van der Waals surface area contributed by atoms with E-state index in [4.69, 9.17) is 10.7 Å². The Kier molecular flexibility index (Phi) is 3.74. The summed E-state index contributed by atoms with van der Waals surface area (Å²) in [5, 5.41) is 0. The van der Waals surface area contributed by atoms with Crippen LogP contribution in [0.25, 0.3) is 22.2 Å². The van der Waals surface area contributed by atoms with Crippen molar-refractivity contribution in [3.8, 4) is 11.1 Å². The van der Waals surface area contributed by atoms with E-state index < -0.39 is 0 Å². The van der Waals surface area contributed by atoms with E-state index in [0.29, 0.717) is 5.69 Å². The minimum atomic E-state index is 0.657. The number of likely N-dealkylation sites (N-methyl/N-ethyl adjacent to an activating group) is 1. The molecule has 0 aliphatic carbocycles. The van der Waals surface area contributed by atoms with Crippen LogP contribution in [0.2, 0.25) is 0 Å². The third kappa shape index (κ3) is 2.88. The predicted molar refractivity (Wildman–Crippen MR) is 96.9 cm³/mol. The van der Waals surface area contributed by atoms with Crippen molar-refractivity contribution in [2.24, 2.45) is 0 Å². The summed E-state index contributed by atoms with van der Waals surface area (Å²) in [4.78, 5) is 18.2. The van der Waals surface area contributed by atoms with Crippen molar-refractivity contribution < 1.29 is 0 Å². The SMILES string of the molecule is CN1CCN(c2cnc3ccc(-c4cncc(N)c4)cc3n2)CC1. The van der Waals surface area contributed by atoms with Gasteiger partial charge in [0.05, 0.1) is 22.9 Å². The molecule has 6 heteroatoms. The summed E-state index contributed by atoms with van der Waals surface area (Å²) in [5.74, 6) is 0.943. The number of nitrogens with two attached hydrogens (primary N) is 1. The van der Waals surface area contributed by atoms with E-state index in [0.717, 1.165) is 54.2 Å². The molecular formula is C18H20N6.